The minimum absolute atomic E-state index is 0.0486. The molecule has 4 aliphatic carbocycles. The van der Waals surface area contributed by atoms with Gasteiger partial charge in [0.1, 0.15) is 12.2 Å². The van der Waals surface area contributed by atoms with Crippen LogP contribution < -0.4 is 0 Å². The number of benzene rings is 2. The molecule has 2 saturated carbocycles. The summed E-state index contributed by atoms with van der Waals surface area (Å²) in [5.74, 6) is 1.88. The van der Waals surface area contributed by atoms with Gasteiger partial charge in [0, 0.05) is 14.4 Å². The van der Waals surface area contributed by atoms with Crippen LogP contribution in [-0.4, -0.2) is 24.1 Å². The maximum Gasteiger partial charge on any atom is 0.338 e. The lowest BCUT2D eigenvalue weighted by Crippen LogP contribution is -2.53. The Kier molecular flexibility index (Phi) is 11.0. The van der Waals surface area contributed by atoms with Crippen LogP contribution in [0.25, 0.3) is 0 Å². The molecule has 0 bridgehead atoms. The van der Waals surface area contributed by atoms with Gasteiger partial charge in [-0.3, -0.25) is 0 Å². The summed E-state index contributed by atoms with van der Waals surface area (Å²) in [5, 5.41) is 0. The van der Waals surface area contributed by atoms with E-state index in [1.807, 2.05) is 48.5 Å². The number of esters is 2. The van der Waals surface area contributed by atoms with Gasteiger partial charge in [0.05, 0.1) is 11.1 Å². The van der Waals surface area contributed by atoms with E-state index in [1.165, 1.54) is 19.3 Å². The van der Waals surface area contributed by atoms with Crippen LogP contribution in [0.4, 0.5) is 0 Å². The van der Waals surface area contributed by atoms with E-state index in [1.54, 1.807) is 11.1 Å². The summed E-state index contributed by atoms with van der Waals surface area (Å²) in [6.07, 6.45) is 12.8. The zero-order valence-corrected chi connectivity index (χ0v) is 33.6. The molecule has 4 aliphatic rings. The molecule has 266 valence electrons. The minimum atomic E-state index is -0.217. The summed E-state index contributed by atoms with van der Waals surface area (Å²) in [7, 11) is 0. The third-order valence-corrected chi connectivity index (χ3v) is 14.9. The van der Waals surface area contributed by atoms with Crippen molar-refractivity contribution in [1.82, 2.24) is 0 Å². The number of carbonyl (C=O) groups is 2. The first kappa shape index (κ1) is 36.9. The Morgan fingerprint density at radius 1 is 0.796 bits per heavy atom. The van der Waals surface area contributed by atoms with Crippen LogP contribution in [0.1, 0.15) is 139 Å². The second-order valence-electron chi connectivity index (χ2n) is 16.7. The molecule has 0 spiro atoms. The summed E-state index contributed by atoms with van der Waals surface area (Å²) >= 11 is 6.99. The number of hydrogen-bond donors (Lipinski definition) is 0. The number of halogens is 2. The standard InChI is InChI=1S/C43H56Br2O4/c1-7-43-36-20-15-31-25-34(48-39(46)29-11-16-32(44)17-12-29)21-23-41(31,5)35(36)22-24-42(43,6)37(28(4)10-8-9-27(2)3)26-38(43)49-40(47)30-13-18-33(45)19-14-30/h11-14,16-19,27-28,31,34,37-38H,7-10,15,20-26H2,1-6H3/t28-,31+,34+,37-,38+,41+,42-,43-/m1/s1. The number of fused-ring (bicyclic) bond motifs is 4. The lowest BCUT2D eigenvalue weighted by molar-refractivity contribution is -0.0575. The first-order valence-corrected chi connectivity index (χ1v) is 20.6. The van der Waals surface area contributed by atoms with Crippen molar-refractivity contribution in [3.8, 4) is 0 Å². The highest BCUT2D eigenvalue weighted by Crippen LogP contribution is 2.73. The van der Waals surface area contributed by atoms with Gasteiger partial charge in [-0.15, -0.1) is 0 Å². The van der Waals surface area contributed by atoms with Gasteiger partial charge in [-0.05, 0) is 141 Å². The monoisotopic (exact) mass is 794 g/mol. The van der Waals surface area contributed by atoms with Crippen LogP contribution in [0, 0.1) is 39.9 Å². The highest BCUT2D eigenvalue weighted by molar-refractivity contribution is 9.10. The fraction of sp³-hybridized carbons (Fsp3) is 0.628. The number of allylic oxidation sites excluding steroid dienone is 1. The molecule has 2 fully saturated rings. The summed E-state index contributed by atoms with van der Waals surface area (Å²) in [6, 6.07) is 15.1. The van der Waals surface area contributed by atoms with Crippen molar-refractivity contribution in [3.63, 3.8) is 0 Å². The molecule has 0 saturated heterocycles. The van der Waals surface area contributed by atoms with E-state index in [0.29, 0.717) is 28.9 Å². The third-order valence-electron chi connectivity index (χ3n) is 13.9. The Labute approximate surface area is 311 Å². The van der Waals surface area contributed by atoms with Crippen molar-refractivity contribution < 1.29 is 19.1 Å². The Balaban J connectivity index is 1.30. The molecule has 0 amide bonds. The Bertz CT molecular complexity index is 1550. The van der Waals surface area contributed by atoms with Crippen LogP contribution in [0.5, 0.6) is 0 Å². The lowest BCUT2D eigenvalue weighted by Gasteiger charge is -2.60. The van der Waals surface area contributed by atoms with E-state index in [4.69, 9.17) is 9.47 Å². The van der Waals surface area contributed by atoms with E-state index in [0.717, 1.165) is 72.7 Å². The predicted octanol–water partition coefficient (Wildman–Crippen LogP) is 12.5. The smallest absolute Gasteiger partial charge is 0.338 e. The molecule has 0 unspecified atom stereocenters. The molecule has 0 N–H and O–H groups in total. The van der Waals surface area contributed by atoms with Crippen molar-refractivity contribution in [2.75, 3.05) is 0 Å². The van der Waals surface area contributed by atoms with Crippen molar-refractivity contribution >= 4 is 43.8 Å². The van der Waals surface area contributed by atoms with Gasteiger partial charge < -0.3 is 9.47 Å². The summed E-state index contributed by atoms with van der Waals surface area (Å²) in [4.78, 5) is 26.9. The van der Waals surface area contributed by atoms with Crippen LogP contribution >= 0.6 is 31.9 Å². The molecular weight excluding hydrogens is 740 g/mol. The second kappa shape index (κ2) is 14.6. The van der Waals surface area contributed by atoms with E-state index in [9.17, 15) is 9.59 Å². The van der Waals surface area contributed by atoms with Crippen LogP contribution in [0.2, 0.25) is 0 Å². The zero-order valence-electron chi connectivity index (χ0n) is 30.5. The molecule has 0 radical (unpaired) electrons. The largest absolute Gasteiger partial charge is 0.459 e. The number of rotatable bonds is 10. The molecule has 0 aromatic heterocycles. The molecule has 49 heavy (non-hydrogen) atoms. The average molecular weight is 797 g/mol. The van der Waals surface area contributed by atoms with E-state index >= 15 is 0 Å². The fourth-order valence-electron chi connectivity index (χ4n) is 11.3. The van der Waals surface area contributed by atoms with E-state index in [-0.39, 0.29) is 40.4 Å². The summed E-state index contributed by atoms with van der Waals surface area (Å²) < 4.78 is 14.8. The highest BCUT2D eigenvalue weighted by Gasteiger charge is 2.68. The maximum absolute atomic E-state index is 13.9. The Morgan fingerprint density at radius 2 is 1.41 bits per heavy atom. The second-order valence-corrected chi connectivity index (χ2v) is 18.5. The van der Waals surface area contributed by atoms with Crippen molar-refractivity contribution in [2.45, 2.75) is 131 Å². The van der Waals surface area contributed by atoms with Crippen LogP contribution in [0.15, 0.2) is 68.6 Å². The van der Waals surface area contributed by atoms with Crippen LogP contribution in [-0.2, 0) is 9.47 Å². The first-order valence-electron chi connectivity index (χ1n) is 19.0. The van der Waals surface area contributed by atoms with E-state index in [2.05, 4.69) is 73.4 Å². The average Bonchev–Trinajstić information content (AvgIpc) is 3.33. The van der Waals surface area contributed by atoms with Gasteiger partial charge >= 0.3 is 11.9 Å². The van der Waals surface area contributed by atoms with Gasteiger partial charge in [0.2, 0.25) is 0 Å². The SMILES string of the molecule is CC[C@]12C3=C(CC[C@]1(C)[C@@H]([C@H](C)CCCC(C)C)C[C@@H]2OC(=O)c1ccc(Br)cc1)[C@@]1(C)CC[C@H](OC(=O)c2ccc(Br)cc2)C[C@@H]1CC3. The van der Waals surface area contributed by atoms with Crippen molar-refractivity contribution in [1.29, 1.82) is 0 Å². The Hall–Kier alpha value is -1.92. The predicted molar refractivity (Wildman–Crippen MR) is 204 cm³/mol. The normalized spacial score (nSPS) is 33.0. The molecule has 8 atom stereocenters. The summed E-state index contributed by atoms with van der Waals surface area (Å²) in [5.41, 5.74) is 4.50. The first-order chi connectivity index (χ1) is 23.3. The summed E-state index contributed by atoms with van der Waals surface area (Å²) in [6.45, 7) is 14.6. The molecule has 6 heteroatoms. The Morgan fingerprint density at radius 3 is 2.00 bits per heavy atom. The van der Waals surface area contributed by atoms with Crippen molar-refractivity contribution in [3.05, 3.63) is 79.7 Å². The highest BCUT2D eigenvalue weighted by atomic mass is 79.9. The topological polar surface area (TPSA) is 52.6 Å². The van der Waals surface area contributed by atoms with Gasteiger partial charge in [0.15, 0.2) is 0 Å². The molecule has 0 heterocycles. The van der Waals surface area contributed by atoms with Gasteiger partial charge in [-0.2, -0.15) is 0 Å². The molecule has 2 aromatic rings. The lowest BCUT2D eigenvalue weighted by atomic mass is 9.45. The van der Waals surface area contributed by atoms with Crippen molar-refractivity contribution in [2.24, 2.45) is 39.9 Å². The fourth-order valence-corrected chi connectivity index (χ4v) is 11.8. The molecule has 0 aliphatic heterocycles. The third kappa shape index (κ3) is 6.76. The maximum atomic E-state index is 13.9. The number of ether oxygens (including phenoxy) is 2. The van der Waals surface area contributed by atoms with Gasteiger partial charge in [-0.1, -0.05) is 104 Å². The van der Waals surface area contributed by atoms with E-state index < -0.39 is 0 Å². The van der Waals surface area contributed by atoms with Gasteiger partial charge in [-0.25, -0.2) is 9.59 Å². The molecule has 2 aromatic carbocycles. The molecular formula is C43H56Br2O4. The minimum Gasteiger partial charge on any atom is -0.459 e. The van der Waals surface area contributed by atoms with Gasteiger partial charge in [0.25, 0.3) is 0 Å². The number of hydrogen-bond acceptors (Lipinski definition) is 4. The number of carbonyl (C=O) groups excluding carboxylic acids is 2. The van der Waals surface area contributed by atoms with Crippen LogP contribution in [0.3, 0.4) is 0 Å². The molecule has 4 nitrogen and oxygen atoms in total. The quantitative estimate of drug-likeness (QED) is 0.177. The molecule has 6 rings (SSSR count). The zero-order chi connectivity index (χ0) is 35.1.